The number of nitrogens with zero attached hydrogens (tertiary/aromatic N) is 3. The van der Waals surface area contributed by atoms with Crippen LogP contribution in [0.15, 0.2) is 18.8 Å². The molecule has 2 aromatic heterocycles. The Morgan fingerprint density at radius 3 is 3.04 bits per heavy atom. The first-order valence-corrected chi connectivity index (χ1v) is 7.72. The summed E-state index contributed by atoms with van der Waals surface area (Å²) in [5.41, 5.74) is 1.90. The summed E-state index contributed by atoms with van der Waals surface area (Å²) in [6.45, 7) is 8.36. The fraction of sp³-hybridized carbons (Fsp3) is 0.471. The van der Waals surface area contributed by atoms with Crippen molar-refractivity contribution >= 4 is 5.76 Å². The molecule has 122 valence electrons. The third-order valence-corrected chi connectivity index (χ3v) is 3.98. The molecule has 1 aliphatic rings. The van der Waals surface area contributed by atoms with E-state index < -0.39 is 5.67 Å². The van der Waals surface area contributed by atoms with Gasteiger partial charge in [0.1, 0.15) is 17.1 Å². The molecule has 1 N–H and O–H groups in total. The summed E-state index contributed by atoms with van der Waals surface area (Å²) in [6, 6.07) is 1.72. The van der Waals surface area contributed by atoms with Crippen molar-refractivity contribution in [3.05, 3.63) is 35.8 Å². The van der Waals surface area contributed by atoms with Gasteiger partial charge in [-0.1, -0.05) is 20.4 Å². The highest BCUT2D eigenvalue weighted by atomic mass is 19.1. The van der Waals surface area contributed by atoms with Crippen molar-refractivity contribution in [2.75, 3.05) is 6.61 Å². The average Bonchev–Trinajstić information content (AvgIpc) is 3.14. The molecule has 1 atom stereocenters. The number of alkyl halides is 1. The maximum atomic E-state index is 14.2. The van der Waals surface area contributed by atoms with Gasteiger partial charge in [-0.25, -0.2) is 4.39 Å². The van der Waals surface area contributed by atoms with Crippen molar-refractivity contribution in [2.45, 2.75) is 45.2 Å². The summed E-state index contributed by atoms with van der Waals surface area (Å²) in [5, 5.41) is 15.2. The lowest BCUT2D eigenvalue weighted by atomic mass is 9.94. The van der Waals surface area contributed by atoms with Crippen molar-refractivity contribution in [1.29, 1.82) is 0 Å². The van der Waals surface area contributed by atoms with Gasteiger partial charge in [-0.3, -0.25) is 5.10 Å². The summed E-state index contributed by atoms with van der Waals surface area (Å²) < 4.78 is 27.5. The second-order valence-corrected chi connectivity index (χ2v) is 5.91. The van der Waals surface area contributed by atoms with Gasteiger partial charge in [-0.2, -0.15) is 10.2 Å². The summed E-state index contributed by atoms with van der Waals surface area (Å²) in [6.07, 6.45) is 2.63. The molecule has 1 aliphatic carbocycles. The third kappa shape index (κ3) is 2.85. The zero-order valence-corrected chi connectivity index (χ0v) is 13.4. The molecule has 6 heteroatoms. The molecule has 3 rings (SSSR count). The summed E-state index contributed by atoms with van der Waals surface area (Å²) >= 11 is 0. The first kappa shape index (κ1) is 14.4. The smallest absolute Gasteiger partial charge is 0.154 e. The molecule has 0 spiro atoms. The van der Waals surface area contributed by atoms with E-state index >= 15 is 0 Å². The van der Waals surface area contributed by atoms with Crippen LogP contribution in [-0.2, 0) is 10.4 Å². The standard InChI is InChI=1S/C17H21FN4O/c1-5-23-11(4)16-15(10(2)3)12(9-19-22-16)13-8-14(21-20-13)17(18)6-7-17/h8-10H,4-7H2,1-3H3,(H,20,21)/i2D. The van der Waals surface area contributed by atoms with Crippen LogP contribution in [0.5, 0.6) is 0 Å². The number of H-pyrrole nitrogens is 1. The van der Waals surface area contributed by atoms with Gasteiger partial charge < -0.3 is 4.74 Å². The summed E-state index contributed by atoms with van der Waals surface area (Å²) in [5.74, 6) is 0.320. The fourth-order valence-corrected chi connectivity index (χ4v) is 2.61. The average molecular weight is 317 g/mol. The van der Waals surface area contributed by atoms with Gasteiger partial charge in [0.2, 0.25) is 0 Å². The van der Waals surface area contributed by atoms with Crippen molar-refractivity contribution < 1.29 is 10.5 Å². The van der Waals surface area contributed by atoms with E-state index in [-0.39, 0.29) is 12.8 Å². The van der Waals surface area contributed by atoms with Crippen LogP contribution in [0.1, 0.15) is 57.8 Å². The number of ether oxygens (including phenoxy) is 1. The molecule has 0 saturated heterocycles. The van der Waals surface area contributed by atoms with Gasteiger partial charge in [0.05, 0.1) is 18.5 Å². The molecule has 1 saturated carbocycles. The fourth-order valence-electron chi connectivity index (χ4n) is 2.61. The molecule has 0 radical (unpaired) electrons. The molecule has 2 heterocycles. The lowest BCUT2D eigenvalue weighted by Gasteiger charge is -2.16. The SMILES string of the molecule is [2H]CC(C)c1c(-c2cc(C3(F)CC3)n[nH]2)cnnc1C(=C)OCC. The zero-order chi connectivity index (χ0) is 17.3. The maximum absolute atomic E-state index is 14.2. The Balaban J connectivity index is 2.08. The molecule has 23 heavy (non-hydrogen) atoms. The van der Waals surface area contributed by atoms with E-state index in [0.29, 0.717) is 42.3 Å². The van der Waals surface area contributed by atoms with Gasteiger partial charge >= 0.3 is 0 Å². The molecule has 0 aromatic carbocycles. The normalized spacial score (nSPS) is 17.4. The molecule has 1 unspecified atom stereocenters. The van der Waals surface area contributed by atoms with Gasteiger partial charge in [0, 0.05) is 6.93 Å². The Labute approximate surface area is 136 Å². The summed E-state index contributed by atoms with van der Waals surface area (Å²) in [4.78, 5) is 0. The molecular weight excluding hydrogens is 295 g/mol. The molecule has 0 bridgehead atoms. The zero-order valence-electron chi connectivity index (χ0n) is 14.4. The van der Waals surface area contributed by atoms with Crippen molar-refractivity contribution in [3.8, 4) is 11.3 Å². The van der Waals surface area contributed by atoms with Gasteiger partial charge in [-0.15, -0.1) is 5.10 Å². The Morgan fingerprint density at radius 2 is 2.39 bits per heavy atom. The minimum atomic E-state index is -1.30. The second kappa shape index (κ2) is 5.76. The largest absolute Gasteiger partial charge is 0.492 e. The van der Waals surface area contributed by atoms with Gasteiger partial charge in [0.25, 0.3) is 0 Å². The van der Waals surface area contributed by atoms with E-state index in [4.69, 9.17) is 6.11 Å². The highest BCUT2D eigenvalue weighted by Crippen LogP contribution is 2.49. The van der Waals surface area contributed by atoms with E-state index in [9.17, 15) is 4.39 Å². The van der Waals surface area contributed by atoms with Crippen LogP contribution in [0.2, 0.25) is 0 Å². The van der Waals surface area contributed by atoms with Crippen molar-refractivity contribution in [3.63, 3.8) is 0 Å². The Morgan fingerprint density at radius 1 is 1.61 bits per heavy atom. The third-order valence-electron chi connectivity index (χ3n) is 3.98. The monoisotopic (exact) mass is 317 g/mol. The number of hydrogen-bond donors (Lipinski definition) is 1. The van der Waals surface area contributed by atoms with Crippen LogP contribution in [-0.4, -0.2) is 27.0 Å². The summed E-state index contributed by atoms with van der Waals surface area (Å²) in [7, 11) is 0. The highest BCUT2D eigenvalue weighted by molar-refractivity contribution is 5.71. The predicted molar refractivity (Wildman–Crippen MR) is 86.4 cm³/mol. The highest BCUT2D eigenvalue weighted by Gasteiger charge is 2.47. The van der Waals surface area contributed by atoms with Gasteiger partial charge in [-0.05, 0) is 37.3 Å². The van der Waals surface area contributed by atoms with Crippen LogP contribution in [0, 0.1) is 0 Å². The van der Waals surface area contributed by atoms with E-state index in [1.54, 1.807) is 12.3 Å². The Bertz CT molecular complexity index is 757. The molecule has 0 amide bonds. The maximum Gasteiger partial charge on any atom is 0.154 e. The number of rotatable bonds is 6. The number of halogens is 1. The van der Waals surface area contributed by atoms with Crippen LogP contribution < -0.4 is 0 Å². The lowest BCUT2D eigenvalue weighted by Crippen LogP contribution is -2.05. The number of nitrogens with one attached hydrogen (secondary N) is 1. The lowest BCUT2D eigenvalue weighted by molar-refractivity contribution is 0.297. The first-order valence-electron chi connectivity index (χ1n) is 8.43. The minimum Gasteiger partial charge on any atom is -0.492 e. The van der Waals surface area contributed by atoms with Gasteiger partial charge in [0.15, 0.2) is 5.67 Å². The molecule has 0 aliphatic heterocycles. The minimum absolute atomic E-state index is 0.102. The second-order valence-electron chi connectivity index (χ2n) is 5.91. The van der Waals surface area contributed by atoms with E-state index in [0.717, 1.165) is 11.1 Å². The molecular formula is C17H21FN4O. The van der Waals surface area contributed by atoms with Crippen LogP contribution >= 0.6 is 0 Å². The quantitative estimate of drug-likeness (QED) is 0.819. The Hall–Kier alpha value is -2.24. The van der Waals surface area contributed by atoms with E-state index in [1.165, 1.54) is 0 Å². The van der Waals surface area contributed by atoms with Crippen LogP contribution in [0.25, 0.3) is 17.0 Å². The molecule has 2 aromatic rings. The number of aromatic nitrogens is 4. The Kier molecular flexibility index (Phi) is 3.59. The van der Waals surface area contributed by atoms with Crippen molar-refractivity contribution in [2.24, 2.45) is 0 Å². The predicted octanol–water partition coefficient (Wildman–Crippen LogP) is 3.96. The van der Waals surface area contributed by atoms with Crippen LogP contribution in [0.3, 0.4) is 0 Å². The molecule has 5 nitrogen and oxygen atoms in total. The van der Waals surface area contributed by atoms with Crippen molar-refractivity contribution in [1.82, 2.24) is 20.4 Å². The van der Waals surface area contributed by atoms with E-state index in [2.05, 4.69) is 27.0 Å². The number of aromatic amines is 1. The van der Waals surface area contributed by atoms with E-state index in [1.807, 2.05) is 13.8 Å². The number of hydrogen-bond acceptors (Lipinski definition) is 4. The molecule has 1 fully saturated rings. The first-order chi connectivity index (χ1) is 11.5. The topological polar surface area (TPSA) is 63.7 Å². The van der Waals surface area contributed by atoms with Crippen LogP contribution in [0.4, 0.5) is 4.39 Å².